The average Bonchev–Trinajstić information content (AvgIpc) is 2.62. The monoisotopic (exact) mass is 404 g/mol. The van der Waals surface area contributed by atoms with E-state index in [0.717, 1.165) is 43.4 Å². The third kappa shape index (κ3) is 4.04. The molecule has 1 aliphatic carbocycles. The van der Waals surface area contributed by atoms with Crippen LogP contribution in [-0.2, 0) is 20.2 Å². The molecule has 2 N–H and O–H groups in total. The summed E-state index contributed by atoms with van der Waals surface area (Å²) in [6.07, 6.45) is 3.44. The Balaban J connectivity index is 1.77. The lowest BCUT2D eigenvalue weighted by Gasteiger charge is -2.41. The maximum Gasteiger partial charge on any atom is 0.261 e. The van der Waals surface area contributed by atoms with Gasteiger partial charge >= 0.3 is 0 Å². The first-order valence-corrected chi connectivity index (χ1v) is 10.9. The third-order valence-corrected chi connectivity index (χ3v) is 6.84. The van der Waals surface area contributed by atoms with Gasteiger partial charge in [0.05, 0.1) is 10.3 Å². The van der Waals surface area contributed by atoms with Gasteiger partial charge < -0.3 is 5.32 Å². The van der Waals surface area contributed by atoms with E-state index in [2.05, 4.69) is 10.0 Å². The lowest BCUT2D eigenvalue weighted by Crippen LogP contribution is -2.51. The first kappa shape index (κ1) is 20.3. The van der Waals surface area contributed by atoms with Crippen molar-refractivity contribution in [3.05, 3.63) is 59.9 Å². The highest BCUT2D eigenvalue weighted by Crippen LogP contribution is 2.44. The van der Waals surface area contributed by atoms with Gasteiger partial charge in [0.2, 0.25) is 5.91 Å². The molecule has 5 nitrogen and oxygen atoms in total. The molecule has 2 aromatic carbocycles. The minimum atomic E-state index is -3.80. The summed E-state index contributed by atoms with van der Waals surface area (Å²) in [5.74, 6) is -0.461. The molecule has 3 rings (SSSR count). The molecule has 0 saturated heterocycles. The van der Waals surface area contributed by atoms with Gasteiger partial charge in [0.15, 0.2) is 0 Å². The summed E-state index contributed by atoms with van der Waals surface area (Å²) in [5.41, 5.74) is 0.756. The van der Waals surface area contributed by atoms with E-state index in [-0.39, 0.29) is 16.8 Å². The smallest absolute Gasteiger partial charge is 0.261 e. The van der Waals surface area contributed by atoms with E-state index in [4.69, 9.17) is 0 Å². The Labute approximate surface area is 165 Å². The van der Waals surface area contributed by atoms with Crippen molar-refractivity contribution in [2.45, 2.75) is 55.9 Å². The number of carbonyl (C=O) groups excluding carboxylic acids is 1. The van der Waals surface area contributed by atoms with Crippen molar-refractivity contribution in [2.75, 3.05) is 4.72 Å². The van der Waals surface area contributed by atoms with Gasteiger partial charge in [-0.2, -0.15) is 0 Å². The second-order valence-electron chi connectivity index (χ2n) is 7.36. The van der Waals surface area contributed by atoms with Gasteiger partial charge in [0.1, 0.15) is 5.82 Å². The second kappa shape index (κ2) is 7.91. The lowest BCUT2D eigenvalue weighted by atomic mass is 9.63. The van der Waals surface area contributed by atoms with Crippen molar-refractivity contribution in [1.29, 1.82) is 0 Å². The molecule has 0 heterocycles. The summed E-state index contributed by atoms with van der Waals surface area (Å²) >= 11 is 0. The molecular weight excluding hydrogens is 379 g/mol. The van der Waals surface area contributed by atoms with Gasteiger partial charge in [-0.15, -0.1) is 0 Å². The largest absolute Gasteiger partial charge is 0.353 e. The molecule has 0 bridgehead atoms. The summed E-state index contributed by atoms with van der Waals surface area (Å²) in [5, 5.41) is 3.07. The molecule has 1 amide bonds. The lowest BCUT2D eigenvalue weighted by molar-refractivity contribution is -0.130. The molecule has 0 unspecified atom stereocenters. The average molecular weight is 405 g/mol. The number of carbonyl (C=O) groups is 1. The van der Waals surface area contributed by atoms with Gasteiger partial charge in [-0.3, -0.25) is 9.52 Å². The van der Waals surface area contributed by atoms with Crippen LogP contribution in [0, 0.1) is 5.82 Å². The molecule has 0 aromatic heterocycles. The maximum absolute atomic E-state index is 13.0. The number of benzene rings is 2. The molecule has 1 atom stereocenters. The number of halogens is 1. The molecule has 1 aliphatic rings. The number of anilines is 1. The first-order valence-electron chi connectivity index (χ1n) is 9.47. The van der Waals surface area contributed by atoms with Crippen LogP contribution < -0.4 is 10.0 Å². The fraction of sp³-hybridized carbons (Fsp3) is 0.381. The summed E-state index contributed by atoms with van der Waals surface area (Å²) in [7, 11) is -3.80. The number of hydrogen-bond donors (Lipinski definition) is 2. The van der Waals surface area contributed by atoms with Gasteiger partial charge in [-0.05, 0) is 68.1 Å². The Kier molecular flexibility index (Phi) is 5.74. The van der Waals surface area contributed by atoms with Gasteiger partial charge in [0, 0.05) is 11.7 Å². The summed E-state index contributed by atoms with van der Waals surface area (Å²) < 4.78 is 40.4. The highest BCUT2D eigenvalue weighted by atomic mass is 32.2. The maximum atomic E-state index is 13.0. The molecule has 0 radical (unpaired) electrons. The summed E-state index contributed by atoms with van der Waals surface area (Å²) in [6, 6.07) is 11.7. The van der Waals surface area contributed by atoms with E-state index in [9.17, 15) is 17.6 Å². The summed E-state index contributed by atoms with van der Waals surface area (Å²) in [4.78, 5) is 12.8. The van der Waals surface area contributed by atoms with E-state index in [1.54, 1.807) is 24.3 Å². The fourth-order valence-corrected chi connectivity index (χ4v) is 4.38. The van der Waals surface area contributed by atoms with Crippen molar-refractivity contribution in [3.63, 3.8) is 0 Å². The Morgan fingerprint density at radius 1 is 1.11 bits per heavy atom. The van der Waals surface area contributed by atoms with E-state index < -0.39 is 21.3 Å². The minimum Gasteiger partial charge on any atom is -0.353 e. The molecule has 150 valence electrons. The van der Waals surface area contributed by atoms with E-state index in [1.807, 2.05) is 13.8 Å². The Hall–Kier alpha value is -2.41. The number of sulfonamides is 1. The SMILES string of the molecule is CC[C@@H](C)NC(=O)C1(c2ccc(NS(=O)(=O)c3ccc(F)cc3)cc2)CCC1. The molecule has 0 aliphatic heterocycles. The van der Waals surface area contributed by atoms with Crippen molar-refractivity contribution in [2.24, 2.45) is 0 Å². The Morgan fingerprint density at radius 2 is 1.71 bits per heavy atom. The van der Waals surface area contributed by atoms with Crippen molar-refractivity contribution < 1.29 is 17.6 Å². The van der Waals surface area contributed by atoms with Crippen LogP contribution >= 0.6 is 0 Å². The Bertz CT molecular complexity index is 937. The molecule has 0 spiro atoms. The zero-order valence-corrected chi connectivity index (χ0v) is 16.9. The highest BCUT2D eigenvalue weighted by Gasteiger charge is 2.45. The highest BCUT2D eigenvalue weighted by molar-refractivity contribution is 7.92. The van der Waals surface area contributed by atoms with Crippen molar-refractivity contribution in [3.8, 4) is 0 Å². The zero-order chi connectivity index (χ0) is 20.4. The zero-order valence-electron chi connectivity index (χ0n) is 16.0. The van der Waals surface area contributed by atoms with Crippen LogP contribution in [0.15, 0.2) is 53.4 Å². The van der Waals surface area contributed by atoms with Crippen LogP contribution in [0.1, 0.15) is 45.1 Å². The molecule has 1 saturated carbocycles. The molecule has 7 heteroatoms. The van der Waals surface area contributed by atoms with Crippen LogP contribution in [-0.4, -0.2) is 20.4 Å². The molecule has 28 heavy (non-hydrogen) atoms. The van der Waals surface area contributed by atoms with Gasteiger partial charge in [-0.1, -0.05) is 25.5 Å². The predicted octanol–water partition coefficient (Wildman–Crippen LogP) is 3.96. The van der Waals surface area contributed by atoms with Crippen LogP contribution in [0.2, 0.25) is 0 Å². The molecular formula is C21H25FN2O3S. The van der Waals surface area contributed by atoms with E-state index in [0.29, 0.717) is 5.69 Å². The molecule has 2 aromatic rings. The number of hydrogen-bond acceptors (Lipinski definition) is 3. The quantitative estimate of drug-likeness (QED) is 0.733. The molecule has 1 fully saturated rings. The van der Waals surface area contributed by atoms with Crippen LogP contribution in [0.5, 0.6) is 0 Å². The van der Waals surface area contributed by atoms with Gasteiger partial charge in [0.25, 0.3) is 10.0 Å². The minimum absolute atomic E-state index is 0.0126. The standard InChI is InChI=1S/C21H25FN2O3S/c1-3-15(2)23-20(25)21(13-4-14-21)16-5-9-18(10-6-16)24-28(26,27)19-11-7-17(22)8-12-19/h5-12,15,24H,3-4,13-14H2,1-2H3,(H,23,25)/t15-/m1/s1. The van der Waals surface area contributed by atoms with Crippen molar-refractivity contribution in [1.82, 2.24) is 5.32 Å². The second-order valence-corrected chi connectivity index (χ2v) is 9.04. The van der Waals surface area contributed by atoms with Crippen LogP contribution in [0.4, 0.5) is 10.1 Å². The van der Waals surface area contributed by atoms with E-state index >= 15 is 0 Å². The number of nitrogens with one attached hydrogen (secondary N) is 2. The van der Waals surface area contributed by atoms with Crippen LogP contribution in [0.25, 0.3) is 0 Å². The first-order chi connectivity index (χ1) is 13.3. The number of rotatable bonds is 7. The van der Waals surface area contributed by atoms with E-state index in [1.165, 1.54) is 12.1 Å². The van der Waals surface area contributed by atoms with Crippen LogP contribution in [0.3, 0.4) is 0 Å². The van der Waals surface area contributed by atoms with Crippen molar-refractivity contribution >= 4 is 21.6 Å². The fourth-order valence-electron chi connectivity index (χ4n) is 3.33. The van der Waals surface area contributed by atoms with Gasteiger partial charge in [-0.25, -0.2) is 12.8 Å². The topological polar surface area (TPSA) is 75.3 Å². The Morgan fingerprint density at radius 3 is 2.21 bits per heavy atom. The normalized spacial score (nSPS) is 16.7. The number of amides is 1. The summed E-state index contributed by atoms with van der Waals surface area (Å²) in [6.45, 7) is 4.01. The predicted molar refractivity (Wildman–Crippen MR) is 107 cm³/mol. The third-order valence-electron chi connectivity index (χ3n) is 5.45.